The molecule has 1 heterocycles. The van der Waals surface area contributed by atoms with Gasteiger partial charge in [0.25, 0.3) is 0 Å². The molecular formula is C3H4O7S2. The fraction of sp³-hybridized carbons (Fsp3) is 0.667. The minimum absolute atomic E-state index is 0.844. The molecule has 0 N–H and O–H groups in total. The van der Waals surface area contributed by atoms with Crippen LogP contribution in [-0.2, 0) is 28.6 Å². The summed E-state index contributed by atoms with van der Waals surface area (Å²) in [7, 11) is -8.76. The van der Waals surface area contributed by atoms with Crippen molar-refractivity contribution in [3.63, 3.8) is 0 Å². The first-order valence-electron chi connectivity index (χ1n) is 2.66. The quantitative estimate of drug-likeness (QED) is 0.486. The third-order valence-corrected chi connectivity index (χ3v) is 4.96. The van der Waals surface area contributed by atoms with Gasteiger partial charge in [-0.1, -0.05) is 0 Å². The van der Waals surface area contributed by atoms with Gasteiger partial charge in [0.15, 0.2) is 0 Å². The third-order valence-electron chi connectivity index (χ3n) is 1.18. The molecule has 0 aliphatic carbocycles. The van der Waals surface area contributed by atoms with Gasteiger partial charge < -0.3 is 8.37 Å². The minimum Gasteiger partial charge on any atom is -0.310 e. The molecule has 1 aliphatic rings. The molecule has 70 valence electrons. The van der Waals surface area contributed by atoms with Crippen LogP contribution in [0.5, 0.6) is 0 Å². The summed E-state index contributed by atoms with van der Waals surface area (Å²) in [5, 5.41) is 0. The zero-order chi connectivity index (χ0) is 9.57. The van der Waals surface area contributed by atoms with Crippen molar-refractivity contribution < 1.29 is 30.0 Å². The number of carbonyl (C=O) groups is 1. The average molecular weight is 216 g/mol. The van der Waals surface area contributed by atoms with Crippen molar-refractivity contribution in [2.45, 2.75) is 11.5 Å². The highest BCUT2D eigenvalue weighted by atomic mass is 32.3. The topological polar surface area (TPSA) is 104 Å². The molecule has 9 heteroatoms. The van der Waals surface area contributed by atoms with E-state index in [2.05, 4.69) is 8.37 Å². The second-order valence-corrected chi connectivity index (χ2v) is 5.99. The zero-order valence-electron chi connectivity index (χ0n) is 5.75. The van der Waals surface area contributed by atoms with Gasteiger partial charge in [0.05, 0.1) is 0 Å². The molecular weight excluding hydrogens is 212 g/mol. The Kier molecular flexibility index (Phi) is 1.80. The molecule has 0 radical (unpaired) electrons. The Balaban J connectivity index is 3.27. The Bertz CT molecular complexity index is 362. The van der Waals surface area contributed by atoms with Crippen LogP contribution in [0.4, 0.5) is 4.79 Å². The molecule has 0 amide bonds. The van der Waals surface area contributed by atoms with Gasteiger partial charge in [0.2, 0.25) is 4.58 Å². The predicted molar refractivity (Wildman–Crippen MR) is 34.9 cm³/mol. The van der Waals surface area contributed by atoms with E-state index in [0.717, 1.165) is 6.92 Å². The lowest BCUT2D eigenvalue weighted by molar-refractivity contribution is 0.152. The maximum Gasteiger partial charge on any atom is 0.540 e. The third kappa shape index (κ3) is 1.37. The molecule has 1 saturated heterocycles. The molecule has 0 aromatic heterocycles. The second kappa shape index (κ2) is 2.33. The Morgan fingerprint density at radius 3 is 1.75 bits per heavy atom. The van der Waals surface area contributed by atoms with Crippen molar-refractivity contribution in [1.29, 1.82) is 0 Å². The highest BCUT2D eigenvalue weighted by Crippen LogP contribution is 2.20. The SMILES string of the molecule is CC1S(=O)(=O)OC(=O)OS1(=O)=O. The summed E-state index contributed by atoms with van der Waals surface area (Å²) in [6.07, 6.45) is -1.74. The van der Waals surface area contributed by atoms with E-state index in [1.54, 1.807) is 0 Å². The van der Waals surface area contributed by atoms with Crippen molar-refractivity contribution in [1.82, 2.24) is 0 Å². The monoisotopic (exact) mass is 216 g/mol. The zero-order valence-corrected chi connectivity index (χ0v) is 7.38. The Labute approximate surface area is 68.5 Å². The van der Waals surface area contributed by atoms with Crippen LogP contribution >= 0.6 is 0 Å². The largest absolute Gasteiger partial charge is 0.540 e. The van der Waals surface area contributed by atoms with E-state index < -0.39 is 31.0 Å². The molecule has 0 spiro atoms. The van der Waals surface area contributed by atoms with Gasteiger partial charge in [-0.05, 0) is 6.92 Å². The molecule has 1 fully saturated rings. The summed E-state index contributed by atoms with van der Waals surface area (Å²) in [5.41, 5.74) is 0. The summed E-state index contributed by atoms with van der Waals surface area (Å²) in [6.45, 7) is 0.844. The van der Waals surface area contributed by atoms with Gasteiger partial charge in [-0.15, -0.1) is 0 Å². The van der Waals surface area contributed by atoms with Gasteiger partial charge in [0, 0.05) is 0 Å². The number of hydrogen-bond acceptors (Lipinski definition) is 7. The molecule has 7 nitrogen and oxygen atoms in total. The standard InChI is InChI=1S/C3H4O7S2/c1-2-11(5,6)9-3(4)10-12(2,7)8/h2H,1H3. The highest BCUT2D eigenvalue weighted by Gasteiger charge is 2.45. The molecule has 1 rings (SSSR count). The Morgan fingerprint density at radius 1 is 1.08 bits per heavy atom. The van der Waals surface area contributed by atoms with Crippen molar-refractivity contribution >= 4 is 26.4 Å². The van der Waals surface area contributed by atoms with Crippen LogP contribution in [-0.4, -0.2) is 27.6 Å². The van der Waals surface area contributed by atoms with Crippen LogP contribution in [0.1, 0.15) is 6.92 Å². The average Bonchev–Trinajstić information content (AvgIpc) is 1.80. The summed E-state index contributed by atoms with van der Waals surface area (Å²) < 4.78 is 48.3. The summed E-state index contributed by atoms with van der Waals surface area (Å²) in [4.78, 5) is 10.2. The fourth-order valence-corrected chi connectivity index (χ4v) is 2.64. The van der Waals surface area contributed by atoms with Gasteiger partial charge in [-0.2, -0.15) is 16.8 Å². The molecule has 12 heavy (non-hydrogen) atoms. The summed E-state index contributed by atoms with van der Waals surface area (Å²) in [5.74, 6) is 0. The summed E-state index contributed by atoms with van der Waals surface area (Å²) in [6, 6.07) is 0. The molecule has 0 aromatic carbocycles. The van der Waals surface area contributed by atoms with Crippen LogP contribution in [0.3, 0.4) is 0 Å². The predicted octanol–water partition coefficient (Wildman–Crippen LogP) is -0.841. The maximum absolute atomic E-state index is 10.7. The number of carbonyl (C=O) groups excluding carboxylic acids is 1. The van der Waals surface area contributed by atoms with Gasteiger partial charge in [-0.25, -0.2) is 4.79 Å². The first-order chi connectivity index (χ1) is 5.26. The van der Waals surface area contributed by atoms with Gasteiger partial charge in [-0.3, -0.25) is 0 Å². The first-order valence-corrected chi connectivity index (χ1v) is 5.60. The summed E-state index contributed by atoms with van der Waals surface area (Å²) >= 11 is 0. The van der Waals surface area contributed by atoms with Gasteiger partial charge in [0.1, 0.15) is 0 Å². The van der Waals surface area contributed by atoms with Crippen LogP contribution in [0, 0.1) is 0 Å². The highest BCUT2D eigenvalue weighted by molar-refractivity contribution is 8.05. The Hall–Kier alpha value is -0.830. The molecule has 1 aliphatic heterocycles. The molecule has 0 saturated carbocycles. The maximum atomic E-state index is 10.7. The van der Waals surface area contributed by atoms with Crippen LogP contribution in [0.25, 0.3) is 0 Å². The molecule has 0 atom stereocenters. The number of rotatable bonds is 0. The van der Waals surface area contributed by atoms with Crippen molar-refractivity contribution in [2.75, 3.05) is 0 Å². The lowest BCUT2D eigenvalue weighted by atomic mass is 11.0. The van der Waals surface area contributed by atoms with E-state index in [0.29, 0.717) is 0 Å². The van der Waals surface area contributed by atoms with Gasteiger partial charge >= 0.3 is 26.4 Å². The van der Waals surface area contributed by atoms with E-state index >= 15 is 0 Å². The van der Waals surface area contributed by atoms with E-state index in [1.807, 2.05) is 0 Å². The van der Waals surface area contributed by atoms with E-state index in [9.17, 15) is 21.6 Å². The van der Waals surface area contributed by atoms with E-state index in [1.165, 1.54) is 0 Å². The fourth-order valence-electron chi connectivity index (χ4n) is 0.483. The molecule has 0 aromatic rings. The second-order valence-electron chi connectivity index (χ2n) is 1.97. The van der Waals surface area contributed by atoms with Crippen LogP contribution in [0.15, 0.2) is 0 Å². The Morgan fingerprint density at radius 2 is 1.42 bits per heavy atom. The number of hydrogen-bond donors (Lipinski definition) is 0. The molecule has 0 unspecified atom stereocenters. The van der Waals surface area contributed by atoms with Crippen LogP contribution in [0.2, 0.25) is 0 Å². The smallest absolute Gasteiger partial charge is 0.310 e. The van der Waals surface area contributed by atoms with E-state index in [-0.39, 0.29) is 0 Å². The molecule has 0 bridgehead atoms. The van der Waals surface area contributed by atoms with Crippen molar-refractivity contribution in [3.05, 3.63) is 0 Å². The normalized spacial score (nSPS) is 27.2. The minimum atomic E-state index is -4.38. The van der Waals surface area contributed by atoms with Crippen LogP contribution < -0.4 is 0 Å². The van der Waals surface area contributed by atoms with Crippen molar-refractivity contribution in [2.24, 2.45) is 0 Å². The lowest BCUT2D eigenvalue weighted by Crippen LogP contribution is -2.39. The van der Waals surface area contributed by atoms with Crippen molar-refractivity contribution in [3.8, 4) is 0 Å². The lowest BCUT2D eigenvalue weighted by Gasteiger charge is -2.17. The van der Waals surface area contributed by atoms with E-state index in [4.69, 9.17) is 0 Å². The first kappa shape index (κ1) is 9.26.